The van der Waals surface area contributed by atoms with Crippen LogP contribution in [0.25, 0.3) is 0 Å². The third kappa shape index (κ3) is 1.81. The summed E-state index contributed by atoms with van der Waals surface area (Å²) in [7, 11) is 0. The molecule has 0 aliphatic heterocycles. The van der Waals surface area contributed by atoms with Crippen molar-refractivity contribution in [1.29, 1.82) is 0 Å². The first kappa shape index (κ1) is 14.7. The minimum Gasteiger partial charge on any atom is -0.411 e. The van der Waals surface area contributed by atoms with E-state index in [4.69, 9.17) is 5.21 Å². The van der Waals surface area contributed by atoms with Gasteiger partial charge in [-0.3, -0.25) is 0 Å². The van der Waals surface area contributed by atoms with Crippen molar-refractivity contribution in [2.45, 2.75) is 71.3 Å². The SMILES string of the molecule is C[C@]12CC[C@H]3[C@@H](CCC4=CC(=NO)CC[C@@]43C)[C@@H]1CC[C@@H]2O. The molecule has 3 fully saturated rings. The predicted molar refractivity (Wildman–Crippen MR) is 86.9 cm³/mol. The zero-order valence-electron chi connectivity index (χ0n) is 13.9. The molecule has 0 amide bonds. The van der Waals surface area contributed by atoms with Gasteiger partial charge < -0.3 is 10.3 Å². The van der Waals surface area contributed by atoms with Crippen LogP contribution in [-0.4, -0.2) is 22.1 Å². The first-order valence-electron chi connectivity index (χ1n) is 9.09. The fourth-order valence-electron chi connectivity index (χ4n) is 6.62. The van der Waals surface area contributed by atoms with Crippen LogP contribution in [0.15, 0.2) is 16.8 Å². The Labute approximate surface area is 133 Å². The number of aliphatic hydroxyl groups is 1. The maximum Gasteiger partial charge on any atom is 0.0795 e. The Balaban J connectivity index is 1.68. The van der Waals surface area contributed by atoms with Gasteiger partial charge in [0.05, 0.1) is 11.8 Å². The largest absolute Gasteiger partial charge is 0.411 e. The van der Waals surface area contributed by atoms with E-state index in [0.29, 0.717) is 11.3 Å². The van der Waals surface area contributed by atoms with Crippen LogP contribution in [-0.2, 0) is 0 Å². The van der Waals surface area contributed by atoms with Gasteiger partial charge in [-0.25, -0.2) is 0 Å². The number of hydrogen-bond donors (Lipinski definition) is 2. The highest BCUT2D eigenvalue weighted by Crippen LogP contribution is 2.65. The second-order valence-corrected chi connectivity index (χ2v) is 8.73. The predicted octanol–water partition coefficient (Wildman–Crippen LogP) is 4.14. The van der Waals surface area contributed by atoms with Crippen LogP contribution in [0.2, 0.25) is 0 Å². The Bertz CT molecular complexity index is 540. The Morgan fingerprint density at radius 1 is 1.05 bits per heavy atom. The molecule has 0 aromatic rings. The summed E-state index contributed by atoms with van der Waals surface area (Å²) in [4.78, 5) is 0. The van der Waals surface area contributed by atoms with Crippen molar-refractivity contribution in [3.8, 4) is 0 Å². The highest BCUT2D eigenvalue weighted by atomic mass is 16.4. The van der Waals surface area contributed by atoms with Gasteiger partial charge in [0.1, 0.15) is 0 Å². The third-order valence-electron chi connectivity index (χ3n) is 8.06. The van der Waals surface area contributed by atoms with E-state index in [2.05, 4.69) is 25.1 Å². The molecule has 0 aromatic heterocycles. The number of nitrogens with zero attached hydrogens (tertiary/aromatic N) is 1. The summed E-state index contributed by atoms with van der Waals surface area (Å²) < 4.78 is 0. The first-order chi connectivity index (χ1) is 10.5. The number of aliphatic hydroxyl groups excluding tert-OH is 1. The fraction of sp³-hybridized carbons (Fsp3) is 0.842. The van der Waals surface area contributed by atoms with E-state index >= 15 is 0 Å². The maximum atomic E-state index is 10.5. The van der Waals surface area contributed by atoms with Gasteiger partial charge in [0.2, 0.25) is 0 Å². The Kier molecular flexibility index (Phi) is 3.24. The lowest BCUT2D eigenvalue weighted by atomic mass is 9.47. The summed E-state index contributed by atoms with van der Waals surface area (Å²) in [6.45, 7) is 4.80. The van der Waals surface area contributed by atoms with Gasteiger partial charge in [-0.2, -0.15) is 0 Å². The quantitative estimate of drug-likeness (QED) is 0.522. The van der Waals surface area contributed by atoms with Gasteiger partial charge in [-0.05, 0) is 86.0 Å². The normalized spacial score (nSPS) is 52.7. The molecule has 22 heavy (non-hydrogen) atoms. The summed E-state index contributed by atoms with van der Waals surface area (Å²) in [6, 6.07) is 0. The number of hydrogen-bond acceptors (Lipinski definition) is 3. The lowest BCUT2D eigenvalue weighted by Crippen LogP contribution is -2.51. The molecule has 2 N–H and O–H groups in total. The number of oxime groups is 1. The molecule has 0 spiro atoms. The minimum absolute atomic E-state index is 0.0809. The molecule has 0 bridgehead atoms. The van der Waals surface area contributed by atoms with Gasteiger partial charge in [-0.15, -0.1) is 0 Å². The van der Waals surface area contributed by atoms with Crippen molar-refractivity contribution < 1.29 is 10.3 Å². The molecule has 3 nitrogen and oxygen atoms in total. The Morgan fingerprint density at radius 2 is 1.86 bits per heavy atom. The van der Waals surface area contributed by atoms with Crippen molar-refractivity contribution in [1.82, 2.24) is 0 Å². The average molecular weight is 303 g/mol. The standard InChI is InChI=1S/C19H29NO2/c1-18-9-7-13(20-22)11-12(18)3-4-14-15-5-6-17(21)19(15,2)10-8-16(14)18/h11,14-17,21-22H,3-10H2,1-2H3/t14-,15-,16-,17-,18-,19-/m0/s1. The Morgan fingerprint density at radius 3 is 2.64 bits per heavy atom. The maximum absolute atomic E-state index is 10.5. The monoisotopic (exact) mass is 303 g/mol. The van der Waals surface area contributed by atoms with E-state index in [-0.39, 0.29) is 11.5 Å². The lowest BCUT2D eigenvalue weighted by molar-refractivity contribution is -0.0722. The highest BCUT2D eigenvalue weighted by Gasteiger charge is 2.58. The molecule has 0 radical (unpaired) electrons. The number of rotatable bonds is 0. The van der Waals surface area contributed by atoms with Gasteiger partial charge >= 0.3 is 0 Å². The van der Waals surface area contributed by atoms with Crippen LogP contribution in [0.4, 0.5) is 0 Å². The van der Waals surface area contributed by atoms with Gasteiger partial charge in [-0.1, -0.05) is 24.6 Å². The van der Waals surface area contributed by atoms with E-state index in [1.54, 1.807) is 0 Å². The van der Waals surface area contributed by atoms with Crippen molar-refractivity contribution in [2.24, 2.45) is 33.7 Å². The van der Waals surface area contributed by atoms with E-state index in [0.717, 1.165) is 43.2 Å². The van der Waals surface area contributed by atoms with Crippen molar-refractivity contribution in [2.75, 3.05) is 0 Å². The molecule has 6 atom stereocenters. The van der Waals surface area contributed by atoms with Crippen LogP contribution < -0.4 is 0 Å². The lowest BCUT2D eigenvalue weighted by Gasteiger charge is -2.57. The van der Waals surface area contributed by atoms with Crippen molar-refractivity contribution in [3.63, 3.8) is 0 Å². The molecule has 4 rings (SSSR count). The van der Waals surface area contributed by atoms with Gasteiger partial charge in [0.15, 0.2) is 0 Å². The molecule has 0 saturated heterocycles. The van der Waals surface area contributed by atoms with E-state index in [9.17, 15) is 5.11 Å². The highest BCUT2D eigenvalue weighted by molar-refractivity contribution is 5.96. The van der Waals surface area contributed by atoms with E-state index in [1.807, 2.05) is 0 Å². The first-order valence-corrected chi connectivity index (χ1v) is 9.09. The van der Waals surface area contributed by atoms with Crippen LogP contribution in [0.5, 0.6) is 0 Å². The summed E-state index contributed by atoms with van der Waals surface area (Å²) in [5.74, 6) is 2.26. The van der Waals surface area contributed by atoms with Crippen LogP contribution in [0.3, 0.4) is 0 Å². The summed E-state index contributed by atoms with van der Waals surface area (Å²) in [6.07, 6.45) is 11.2. The molecule has 3 saturated carbocycles. The zero-order valence-corrected chi connectivity index (χ0v) is 13.9. The average Bonchev–Trinajstić information content (AvgIpc) is 2.82. The smallest absolute Gasteiger partial charge is 0.0795 e. The molecule has 3 heteroatoms. The van der Waals surface area contributed by atoms with Crippen LogP contribution in [0, 0.1) is 28.6 Å². The molecule has 0 heterocycles. The molecular formula is C19H29NO2. The second-order valence-electron chi connectivity index (χ2n) is 8.73. The minimum atomic E-state index is -0.0809. The molecular weight excluding hydrogens is 274 g/mol. The van der Waals surface area contributed by atoms with Crippen LogP contribution >= 0.6 is 0 Å². The third-order valence-corrected chi connectivity index (χ3v) is 8.06. The van der Waals surface area contributed by atoms with Crippen LogP contribution in [0.1, 0.15) is 65.2 Å². The summed E-state index contributed by atoms with van der Waals surface area (Å²) >= 11 is 0. The summed E-state index contributed by atoms with van der Waals surface area (Å²) in [5, 5.41) is 23.0. The van der Waals surface area contributed by atoms with Crippen molar-refractivity contribution in [3.05, 3.63) is 11.6 Å². The molecule has 4 aliphatic rings. The Hall–Kier alpha value is -0.830. The second kappa shape index (κ2) is 4.83. The van der Waals surface area contributed by atoms with Crippen molar-refractivity contribution >= 4 is 5.71 Å². The van der Waals surface area contributed by atoms with Gasteiger partial charge in [0.25, 0.3) is 0 Å². The molecule has 4 aliphatic carbocycles. The zero-order chi connectivity index (χ0) is 15.5. The summed E-state index contributed by atoms with van der Waals surface area (Å²) in [5.41, 5.74) is 2.86. The fourth-order valence-corrected chi connectivity index (χ4v) is 6.62. The number of fused-ring (bicyclic) bond motifs is 5. The van der Waals surface area contributed by atoms with E-state index < -0.39 is 0 Å². The molecule has 0 unspecified atom stereocenters. The number of allylic oxidation sites excluding steroid dienone is 2. The topological polar surface area (TPSA) is 52.8 Å². The molecule has 122 valence electrons. The molecule has 0 aromatic carbocycles. The van der Waals surface area contributed by atoms with E-state index in [1.165, 1.54) is 31.3 Å². The van der Waals surface area contributed by atoms with Gasteiger partial charge in [0, 0.05) is 0 Å².